The molecule has 0 aliphatic carbocycles. The molecular weight excluding hydrogens is 687 g/mol. The van der Waals surface area contributed by atoms with Gasteiger partial charge in [-0.1, -0.05) is 176 Å². The summed E-state index contributed by atoms with van der Waals surface area (Å²) in [5.41, 5.74) is 10.5. The molecule has 0 radical (unpaired) electrons. The normalized spacial score (nSPS) is 11.5. The van der Waals surface area contributed by atoms with Gasteiger partial charge < -0.3 is 4.90 Å². The molecule has 57 heavy (non-hydrogen) atoms. The summed E-state index contributed by atoms with van der Waals surface area (Å²) in [6, 6.07) is 82.1. The standard InChI is InChI=1S/C56H37N/c1-2-13-38(14-3-1)42-18-11-21-47(34-42)57(49-31-32-51-45(36-49)29-27-39-15-4-6-23-50(39)51)48-22-12-19-43(35-48)41-17-10-20-44(33-41)55-37-46-30-28-40-16-5-7-24-52(40)56(46)54-26-9-8-25-53(54)55/h1-37H. The summed E-state index contributed by atoms with van der Waals surface area (Å²) in [7, 11) is 0. The van der Waals surface area contributed by atoms with Crippen LogP contribution in [0.2, 0.25) is 0 Å². The van der Waals surface area contributed by atoms with Crippen LogP contribution < -0.4 is 4.90 Å². The molecule has 0 heterocycles. The maximum atomic E-state index is 2.40. The molecule has 0 amide bonds. The van der Waals surface area contributed by atoms with Crippen molar-refractivity contribution in [3.8, 4) is 33.4 Å². The van der Waals surface area contributed by atoms with Crippen LogP contribution in [0.4, 0.5) is 17.1 Å². The summed E-state index contributed by atoms with van der Waals surface area (Å²) >= 11 is 0. The number of fused-ring (bicyclic) bond motifs is 8. The number of hydrogen-bond donors (Lipinski definition) is 0. The first-order valence-corrected chi connectivity index (χ1v) is 19.7. The Hall–Kier alpha value is -7.48. The van der Waals surface area contributed by atoms with Gasteiger partial charge in [0, 0.05) is 17.1 Å². The Bertz CT molecular complexity index is 3300. The van der Waals surface area contributed by atoms with E-state index in [-0.39, 0.29) is 0 Å². The summed E-state index contributed by atoms with van der Waals surface area (Å²) in [6.45, 7) is 0. The smallest absolute Gasteiger partial charge is 0.0468 e. The molecule has 0 N–H and O–H groups in total. The molecule has 0 unspecified atom stereocenters. The quantitative estimate of drug-likeness (QED) is 0.154. The van der Waals surface area contributed by atoms with E-state index in [0.29, 0.717) is 0 Å². The van der Waals surface area contributed by atoms with E-state index in [1.54, 1.807) is 0 Å². The molecule has 11 aromatic rings. The summed E-state index contributed by atoms with van der Waals surface area (Å²) < 4.78 is 0. The molecule has 0 bridgehead atoms. The Morgan fingerprint density at radius 1 is 0.228 bits per heavy atom. The average molecular weight is 724 g/mol. The first kappa shape index (κ1) is 32.9. The van der Waals surface area contributed by atoms with Crippen LogP contribution in [0.3, 0.4) is 0 Å². The van der Waals surface area contributed by atoms with Crippen molar-refractivity contribution in [1.82, 2.24) is 0 Å². The molecule has 11 aromatic carbocycles. The van der Waals surface area contributed by atoms with Gasteiger partial charge in [0.2, 0.25) is 0 Å². The highest BCUT2D eigenvalue weighted by molar-refractivity contribution is 6.23. The van der Waals surface area contributed by atoms with Gasteiger partial charge in [-0.3, -0.25) is 0 Å². The molecular formula is C56H37N. The molecule has 0 spiro atoms. The van der Waals surface area contributed by atoms with Crippen molar-refractivity contribution < 1.29 is 0 Å². The van der Waals surface area contributed by atoms with Gasteiger partial charge in [-0.05, 0) is 136 Å². The summed E-state index contributed by atoms with van der Waals surface area (Å²) in [4.78, 5) is 2.40. The summed E-state index contributed by atoms with van der Waals surface area (Å²) in [5.74, 6) is 0. The number of anilines is 3. The van der Waals surface area contributed by atoms with E-state index in [2.05, 4.69) is 229 Å². The lowest BCUT2D eigenvalue weighted by Crippen LogP contribution is -2.10. The minimum absolute atomic E-state index is 1.10. The van der Waals surface area contributed by atoms with E-state index in [4.69, 9.17) is 0 Å². The first-order chi connectivity index (χ1) is 28.2. The highest BCUT2D eigenvalue weighted by atomic mass is 15.1. The number of hydrogen-bond acceptors (Lipinski definition) is 1. The molecule has 1 heteroatoms. The zero-order chi connectivity index (χ0) is 37.7. The monoisotopic (exact) mass is 723 g/mol. The largest absolute Gasteiger partial charge is 0.310 e. The van der Waals surface area contributed by atoms with E-state index in [0.717, 1.165) is 17.1 Å². The van der Waals surface area contributed by atoms with Crippen molar-refractivity contribution >= 4 is 70.9 Å². The highest BCUT2D eigenvalue weighted by Gasteiger charge is 2.17. The predicted molar refractivity (Wildman–Crippen MR) is 245 cm³/mol. The number of benzene rings is 11. The van der Waals surface area contributed by atoms with Crippen molar-refractivity contribution in [2.75, 3.05) is 4.90 Å². The van der Waals surface area contributed by atoms with Crippen LogP contribution in [0.5, 0.6) is 0 Å². The average Bonchev–Trinajstić information content (AvgIpc) is 3.29. The van der Waals surface area contributed by atoms with Gasteiger partial charge in [0.1, 0.15) is 0 Å². The van der Waals surface area contributed by atoms with Gasteiger partial charge >= 0.3 is 0 Å². The Kier molecular flexibility index (Phi) is 7.89. The second-order valence-corrected chi connectivity index (χ2v) is 14.9. The molecule has 0 atom stereocenters. The molecule has 11 rings (SSSR count). The van der Waals surface area contributed by atoms with Crippen molar-refractivity contribution in [2.24, 2.45) is 0 Å². The Morgan fingerprint density at radius 3 is 1.47 bits per heavy atom. The molecule has 1 nitrogen and oxygen atoms in total. The lowest BCUT2D eigenvalue weighted by atomic mass is 9.90. The van der Waals surface area contributed by atoms with Crippen molar-refractivity contribution in [3.63, 3.8) is 0 Å². The molecule has 0 aromatic heterocycles. The van der Waals surface area contributed by atoms with Gasteiger partial charge in [0.15, 0.2) is 0 Å². The van der Waals surface area contributed by atoms with Gasteiger partial charge in [-0.15, -0.1) is 0 Å². The minimum atomic E-state index is 1.10. The predicted octanol–water partition coefficient (Wildman–Crippen LogP) is 15.9. The van der Waals surface area contributed by atoms with Gasteiger partial charge in [0.25, 0.3) is 0 Å². The molecule has 0 fully saturated rings. The molecule has 0 aliphatic heterocycles. The lowest BCUT2D eigenvalue weighted by Gasteiger charge is -2.27. The third-order valence-corrected chi connectivity index (χ3v) is 11.6. The van der Waals surface area contributed by atoms with E-state index in [9.17, 15) is 0 Å². The first-order valence-electron chi connectivity index (χ1n) is 19.7. The third-order valence-electron chi connectivity index (χ3n) is 11.6. The van der Waals surface area contributed by atoms with Crippen LogP contribution in [-0.2, 0) is 0 Å². The van der Waals surface area contributed by atoms with E-state index in [1.165, 1.54) is 87.2 Å². The van der Waals surface area contributed by atoms with Crippen LogP contribution >= 0.6 is 0 Å². The zero-order valence-electron chi connectivity index (χ0n) is 31.3. The minimum Gasteiger partial charge on any atom is -0.310 e. The fourth-order valence-electron chi connectivity index (χ4n) is 8.85. The van der Waals surface area contributed by atoms with Crippen LogP contribution in [0.15, 0.2) is 224 Å². The van der Waals surface area contributed by atoms with Crippen molar-refractivity contribution in [1.29, 1.82) is 0 Å². The maximum Gasteiger partial charge on any atom is 0.0468 e. The summed E-state index contributed by atoms with van der Waals surface area (Å²) in [6.07, 6.45) is 0. The highest BCUT2D eigenvalue weighted by Crippen LogP contribution is 2.42. The zero-order valence-corrected chi connectivity index (χ0v) is 31.3. The topological polar surface area (TPSA) is 3.24 Å². The second-order valence-electron chi connectivity index (χ2n) is 14.9. The van der Waals surface area contributed by atoms with Gasteiger partial charge in [-0.2, -0.15) is 0 Å². The third kappa shape index (κ3) is 5.80. The van der Waals surface area contributed by atoms with Crippen LogP contribution in [-0.4, -0.2) is 0 Å². The second kappa shape index (κ2) is 13.7. The Morgan fingerprint density at radius 2 is 0.719 bits per heavy atom. The molecule has 266 valence electrons. The van der Waals surface area contributed by atoms with E-state index in [1.807, 2.05) is 0 Å². The lowest BCUT2D eigenvalue weighted by molar-refractivity contribution is 1.29. The Balaban J connectivity index is 1.05. The fourth-order valence-corrected chi connectivity index (χ4v) is 8.85. The van der Waals surface area contributed by atoms with Gasteiger partial charge in [-0.25, -0.2) is 0 Å². The maximum absolute atomic E-state index is 2.40. The summed E-state index contributed by atoms with van der Waals surface area (Å²) in [5, 5.41) is 12.7. The Labute approximate surface area is 332 Å². The van der Waals surface area contributed by atoms with Crippen LogP contribution in [0, 0.1) is 0 Å². The van der Waals surface area contributed by atoms with Gasteiger partial charge in [0.05, 0.1) is 0 Å². The van der Waals surface area contributed by atoms with Crippen molar-refractivity contribution in [2.45, 2.75) is 0 Å². The SMILES string of the molecule is c1ccc(-c2cccc(N(c3cccc(-c4cccc(-c5cc6ccc7ccccc7c6c6ccccc56)c4)c3)c3ccc4c(ccc5ccccc54)c3)c2)cc1. The van der Waals surface area contributed by atoms with Crippen LogP contribution in [0.25, 0.3) is 87.2 Å². The van der Waals surface area contributed by atoms with E-state index >= 15 is 0 Å². The number of rotatable bonds is 6. The van der Waals surface area contributed by atoms with Crippen molar-refractivity contribution in [3.05, 3.63) is 224 Å². The number of nitrogens with zero attached hydrogens (tertiary/aromatic N) is 1. The molecule has 0 aliphatic rings. The van der Waals surface area contributed by atoms with Crippen LogP contribution in [0.1, 0.15) is 0 Å². The fraction of sp³-hybridized carbons (Fsp3) is 0. The molecule has 0 saturated carbocycles. The molecule has 0 saturated heterocycles. The van der Waals surface area contributed by atoms with E-state index < -0.39 is 0 Å².